The number of halogens is 2. The Morgan fingerprint density at radius 2 is 2.00 bits per heavy atom. The Labute approximate surface area is 129 Å². The first-order valence-electron chi connectivity index (χ1n) is 6.76. The SMILES string of the molecule is COCC(C(C)C)n1c(C(C)Cl)nc2ccc(Cl)cc21. The number of hydrogen-bond acceptors (Lipinski definition) is 2. The minimum absolute atomic E-state index is 0.167. The number of aromatic nitrogens is 2. The van der Waals surface area contributed by atoms with Crippen LogP contribution in [0.15, 0.2) is 18.2 Å². The number of methoxy groups -OCH3 is 1. The van der Waals surface area contributed by atoms with Crippen LogP contribution in [-0.2, 0) is 4.74 Å². The number of alkyl halides is 1. The Morgan fingerprint density at radius 3 is 2.55 bits per heavy atom. The summed E-state index contributed by atoms with van der Waals surface area (Å²) in [6.45, 7) is 6.89. The third-order valence-corrected chi connectivity index (χ3v) is 3.90. The summed E-state index contributed by atoms with van der Waals surface area (Å²) in [5.74, 6) is 1.26. The number of fused-ring (bicyclic) bond motifs is 1. The maximum atomic E-state index is 6.31. The fourth-order valence-electron chi connectivity index (χ4n) is 2.45. The molecule has 0 radical (unpaired) electrons. The quantitative estimate of drug-likeness (QED) is 0.739. The van der Waals surface area contributed by atoms with Gasteiger partial charge in [0.15, 0.2) is 0 Å². The summed E-state index contributed by atoms with van der Waals surface area (Å²) in [7, 11) is 1.71. The highest BCUT2D eigenvalue weighted by Gasteiger charge is 2.24. The molecule has 0 spiro atoms. The summed E-state index contributed by atoms with van der Waals surface area (Å²) >= 11 is 12.4. The highest BCUT2D eigenvalue weighted by molar-refractivity contribution is 6.31. The van der Waals surface area contributed by atoms with Gasteiger partial charge in [0.1, 0.15) is 5.82 Å². The van der Waals surface area contributed by atoms with Crippen molar-refractivity contribution in [2.45, 2.75) is 32.2 Å². The fraction of sp³-hybridized carbons (Fsp3) is 0.533. The van der Waals surface area contributed by atoms with Gasteiger partial charge < -0.3 is 9.30 Å². The van der Waals surface area contributed by atoms with Gasteiger partial charge in [-0.15, -0.1) is 11.6 Å². The smallest absolute Gasteiger partial charge is 0.128 e. The summed E-state index contributed by atoms with van der Waals surface area (Å²) in [4.78, 5) is 4.66. The Hall–Kier alpha value is -0.770. The average Bonchev–Trinajstić information content (AvgIpc) is 2.74. The van der Waals surface area contributed by atoms with Gasteiger partial charge in [-0.1, -0.05) is 25.4 Å². The van der Waals surface area contributed by atoms with Gasteiger partial charge in [-0.05, 0) is 31.0 Å². The molecule has 110 valence electrons. The normalized spacial score (nSPS) is 14.9. The first kappa shape index (κ1) is 15.6. The molecule has 0 aliphatic carbocycles. The van der Waals surface area contributed by atoms with Crippen molar-refractivity contribution in [2.75, 3.05) is 13.7 Å². The minimum atomic E-state index is -0.167. The van der Waals surface area contributed by atoms with Crippen LogP contribution < -0.4 is 0 Å². The number of benzene rings is 1. The molecule has 1 aromatic heterocycles. The topological polar surface area (TPSA) is 27.1 Å². The van der Waals surface area contributed by atoms with Gasteiger partial charge >= 0.3 is 0 Å². The van der Waals surface area contributed by atoms with Crippen LogP contribution in [0.2, 0.25) is 5.02 Å². The van der Waals surface area contributed by atoms with Crippen molar-refractivity contribution in [3.05, 3.63) is 29.0 Å². The largest absolute Gasteiger partial charge is 0.383 e. The Bertz CT molecular complexity index is 593. The van der Waals surface area contributed by atoms with E-state index in [0.29, 0.717) is 17.5 Å². The van der Waals surface area contributed by atoms with Crippen molar-refractivity contribution < 1.29 is 4.74 Å². The van der Waals surface area contributed by atoms with E-state index in [1.54, 1.807) is 7.11 Å². The molecule has 0 saturated heterocycles. The molecule has 0 bridgehead atoms. The summed E-state index contributed by atoms with van der Waals surface area (Å²) in [5.41, 5.74) is 1.93. The molecular weight excluding hydrogens is 295 g/mol. The Morgan fingerprint density at radius 1 is 1.30 bits per heavy atom. The van der Waals surface area contributed by atoms with Crippen LogP contribution in [0.5, 0.6) is 0 Å². The maximum Gasteiger partial charge on any atom is 0.128 e. The summed E-state index contributed by atoms with van der Waals surface area (Å²) in [6.07, 6.45) is 0. The molecule has 1 heterocycles. The Balaban J connectivity index is 2.68. The number of ether oxygens (including phenoxy) is 1. The predicted molar refractivity (Wildman–Crippen MR) is 84.8 cm³/mol. The zero-order chi connectivity index (χ0) is 14.9. The lowest BCUT2D eigenvalue weighted by Crippen LogP contribution is -2.22. The van der Waals surface area contributed by atoms with Crippen LogP contribution in [0.4, 0.5) is 0 Å². The first-order valence-corrected chi connectivity index (χ1v) is 7.57. The predicted octanol–water partition coefficient (Wildman–Crippen LogP) is 4.83. The van der Waals surface area contributed by atoms with Crippen molar-refractivity contribution in [3.63, 3.8) is 0 Å². The summed E-state index contributed by atoms with van der Waals surface area (Å²) < 4.78 is 7.55. The van der Waals surface area contributed by atoms with Gasteiger partial charge in [0, 0.05) is 12.1 Å². The van der Waals surface area contributed by atoms with E-state index in [0.717, 1.165) is 16.9 Å². The third-order valence-electron chi connectivity index (χ3n) is 3.47. The maximum absolute atomic E-state index is 6.31. The number of imidazole rings is 1. The van der Waals surface area contributed by atoms with E-state index in [9.17, 15) is 0 Å². The van der Waals surface area contributed by atoms with Crippen molar-refractivity contribution in [2.24, 2.45) is 5.92 Å². The van der Waals surface area contributed by atoms with Crippen LogP contribution in [0.1, 0.15) is 38.0 Å². The zero-order valence-corrected chi connectivity index (χ0v) is 13.7. The molecule has 0 amide bonds. The molecule has 2 rings (SSSR count). The van der Waals surface area contributed by atoms with Gasteiger partial charge in [0.25, 0.3) is 0 Å². The van der Waals surface area contributed by atoms with Crippen molar-refractivity contribution >= 4 is 34.2 Å². The van der Waals surface area contributed by atoms with Crippen molar-refractivity contribution in [3.8, 4) is 0 Å². The molecule has 0 fully saturated rings. The molecule has 5 heteroatoms. The Kier molecular flexibility index (Phi) is 4.95. The van der Waals surface area contributed by atoms with E-state index < -0.39 is 0 Å². The number of nitrogens with zero attached hydrogens (tertiary/aromatic N) is 2. The van der Waals surface area contributed by atoms with Crippen LogP contribution in [0.25, 0.3) is 11.0 Å². The number of hydrogen-bond donors (Lipinski definition) is 0. The third kappa shape index (κ3) is 2.95. The monoisotopic (exact) mass is 314 g/mol. The molecule has 0 aliphatic heterocycles. The van der Waals surface area contributed by atoms with E-state index in [4.69, 9.17) is 27.9 Å². The van der Waals surface area contributed by atoms with E-state index in [-0.39, 0.29) is 11.4 Å². The van der Waals surface area contributed by atoms with E-state index in [2.05, 4.69) is 23.4 Å². The second-order valence-corrected chi connectivity index (χ2v) is 6.45. The molecule has 2 unspecified atom stereocenters. The lowest BCUT2D eigenvalue weighted by molar-refractivity contribution is 0.133. The summed E-state index contributed by atoms with van der Waals surface area (Å²) in [6, 6.07) is 5.91. The highest BCUT2D eigenvalue weighted by Crippen LogP contribution is 2.32. The van der Waals surface area contributed by atoms with Crippen LogP contribution >= 0.6 is 23.2 Å². The van der Waals surface area contributed by atoms with E-state index in [1.807, 2.05) is 25.1 Å². The minimum Gasteiger partial charge on any atom is -0.383 e. The molecule has 0 aliphatic rings. The molecule has 3 nitrogen and oxygen atoms in total. The molecule has 2 aromatic rings. The van der Waals surface area contributed by atoms with Crippen LogP contribution in [0, 0.1) is 5.92 Å². The van der Waals surface area contributed by atoms with Crippen LogP contribution in [-0.4, -0.2) is 23.3 Å². The van der Waals surface area contributed by atoms with Gasteiger partial charge in [-0.3, -0.25) is 0 Å². The standard InChI is InChI=1S/C15H20Cl2N2O/c1-9(2)14(8-20-4)19-13-7-11(17)5-6-12(13)18-15(19)10(3)16/h5-7,9-10,14H,8H2,1-4H3. The molecule has 0 saturated carbocycles. The second-order valence-electron chi connectivity index (χ2n) is 5.36. The molecule has 2 atom stereocenters. The van der Waals surface area contributed by atoms with E-state index >= 15 is 0 Å². The second kappa shape index (κ2) is 6.33. The molecular formula is C15H20Cl2N2O. The lowest BCUT2D eigenvalue weighted by atomic mass is 10.0. The van der Waals surface area contributed by atoms with Crippen molar-refractivity contribution in [1.82, 2.24) is 9.55 Å². The molecule has 20 heavy (non-hydrogen) atoms. The first-order chi connectivity index (χ1) is 9.45. The van der Waals surface area contributed by atoms with Gasteiger partial charge in [-0.2, -0.15) is 0 Å². The van der Waals surface area contributed by atoms with Crippen LogP contribution in [0.3, 0.4) is 0 Å². The average molecular weight is 315 g/mol. The molecule has 1 aromatic carbocycles. The van der Waals surface area contributed by atoms with Crippen molar-refractivity contribution in [1.29, 1.82) is 0 Å². The lowest BCUT2D eigenvalue weighted by Gasteiger charge is -2.25. The van der Waals surface area contributed by atoms with Gasteiger partial charge in [-0.25, -0.2) is 4.98 Å². The van der Waals surface area contributed by atoms with Gasteiger partial charge in [0.2, 0.25) is 0 Å². The zero-order valence-electron chi connectivity index (χ0n) is 12.2. The van der Waals surface area contributed by atoms with Gasteiger partial charge in [0.05, 0.1) is 29.1 Å². The van der Waals surface area contributed by atoms with E-state index in [1.165, 1.54) is 0 Å². The highest BCUT2D eigenvalue weighted by atomic mass is 35.5. The fourth-order valence-corrected chi connectivity index (χ4v) is 2.77. The number of rotatable bonds is 5. The molecule has 0 N–H and O–H groups in total. The summed E-state index contributed by atoms with van der Waals surface area (Å²) in [5, 5.41) is 0.534.